The van der Waals surface area contributed by atoms with Crippen molar-refractivity contribution in [3.63, 3.8) is 0 Å². The van der Waals surface area contributed by atoms with Crippen molar-refractivity contribution in [3.8, 4) is 0 Å². The third-order valence-electron chi connectivity index (χ3n) is 1.30. The van der Waals surface area contributed by atoms with Crippen LogP contribution in [0.25, 0.3) is 0 Å². The fraction of sp³-hybridized carbons (Fsp3) is 0.875. The van der Waals surface area contributed by atoms with Gasteiger partial charge in [0, 0.05) is 13.5 Å². The van der Waals surface area contributed by atoms with Crippen LogP contribution in [0.5, 0.6) is 0 Å². The molecule has 0 amide bonds. The summed E-state index contributed by atoms with van der Waals surface area (Å²) in [7, 11) is 3.97. The number of hydrogen-bond acceptors (Lipinski definition) is 2. The Morgan fingerprint density at radius 3 is 2.36 bits per heavy atom. The number of carbonyl (C=O) groups is 1. The van der Waals surface area contributed by atoms with E-state index >= 15 is 0 Å². The van der Waals surface area contributed by atoms with Crippen LogP contribution >= 0.6 is 0 Å². The molecule has 0 heterocycles. The zero-order valence-electron chi connectivity index (χ0n) is 7.89. The molecular formula is C8H18NO2+. The van der Waals surface area contributed by atoms with Crippen LogP contribution in [0.15, 0.2) is 0 Å². The predicted molar refractivity (Wildman–Crippen MR) is 44.1 cm³/mol. The monoisotopic (exact) mass is 160 g/mol. The lowest BCUT2D eigenvalue weighted by molar-refractivity contribution is -0.902. The van der Waals surface area contributed by atoms with Gasteiger partial charge < -0.3 is 4.74 Å². The minimum atomic E-state index is 0.203. The Labute approximate surface area is 68.5 Å². The van der Waals surface area contributed by atoms with Gasteiger partial charge in [-0.3, -0.25) is 9.28 Å². The minimum Gasteiger partial charge on any atom is -0.332 e. The van der Waals surface area contributed by atoms with Gasteiger partial charge in [-0.05, 0) is 6.92 Å². The molecule has 0 fully saturated rings. The summed E-state index contributed by atoms with van der Waals surface area (Å²) in [6.45, 7) is 5.41. The van der Waals surface area contributed by atoms with Crippen molar-refractivity contribution in [2.24, 2.45) is 0 Å². The lowest BCUT2D eigenvalue weighted by Gasteiger charge is -2.27. The second kappa shape index (κ2) is 4.46. The van der Waals surface area contributed by atoms with E-state index in [9.17, 15) is 4.79 Å². The van der Waals surface area contributed by atoms with Crippen LogP contribution in [0.3, 0.4) is 0 Å². The highest BCUT2D eigenvalue weighted by Crippen LogP contribution is 1.96. The Bertz CT molecular complexity index is 132. The highest BCUT2D eigenvalue weighted by atomic mass is 16.5. The van der Waals surface area contributed by atoms with E-state index in [0.717, 1.165) is 0 Å². The summed E-state index contributed by atoms with van der Waals surface area (Å²) < 4.78 is 5.83. The fourth-order valence-corrected chi connectivity index (χ4v) is 0.987. The second-order valence-corrected chi connectivity index (χ2v) is 3.42. The van der Waals surface area contributed by atoms with E-state index in [1.165, 1.54) is 0 Å². The van der Waals surface area contributed by atoms with E-state index in [-0.39, 0.29) is 5.78 Å². The van der Waals surface area contributed by atoms with Crippen LogP contribution in [0, 0.1) is 0 Å². The molecule has 0 aliphatic heterocycles. The molecule has 0 rings (SSSR count). The van der Waals surface area contributed by atoms with Crippen LogP contribution in [0.1, 0.15) is 13.8 Å². The minimum absolute atomic E-state index is 0.203. The van der Waals surface area contributed by atoms with E-state index < -0.39 is 0 Å². The third-order valence-corrected chi connectivity index (χ3v) is 1.30. The molecule has 0 atom stereocenters. The summed E-state index contributed by atoms with van der Waals surface area (Å²) in [5, 5.41) is 0. The van der Waals surface area contributed by atoms with E-state index in [2.05, 4.69) is 0 Å². The number of nitrogens with zero attached hydrogens (tertiary/aromatic N) is 1. The Hall–Kier alpha value is -0.410. The van der Waals surface area contributed by atoms with Crippen molar-refractivity contribution in [1.82, 2.24) is 0 Å². The SMILES string of the molecule is CCOC[N+](C)(C)CC(C)=O. The highest BCUT2D eigenvalue weighted by Gasteiger charge is 2.16. The maximum Gasteiger partial charge on any atom is 0.183 e. The largest absolute Gasteiger partial charge is 0.332 e. The van der Waals surface area contributed by atoms with Gasteiger partial charge in [0.15, 0.2) is 12.5 Å². The highest BCUT2D eigenvalue weighted by molar-refractivity contribution is 5.76. The number of hydrogen-bond donors (Lipinski definition) is 0. The topological polar surface area (TPSA) is 26.3 Å². The predicted octanol–water partition coefficient (Wildman–Crippen LogP) is 0.646. The first-order valence-corrected chi connectivity index (χ1v) is 3.87. The summed E-state index contributed by atoms with van der Waals surface area (Å²) in [5.74, 6) is 0.203. The molecule has 0 aliphatic rings. The lowest BCUT2D eigenvalue weighted by Crippen LogP contribution is -2.44. The standard InChI is InChI=1S/C8H18NO2/c1-5-11-7-9(3,4)6-8(2)10/h5-7H2,1-4H3/q+1. The van der Waals surface area contributed by atoms with Crippen molar-refractivity contribution >= 4 is 5.78 Å². The van der Waals surface area contributed by atoms with E-state index in [1.807, 2.05) is 21.0 Å². The molecule has 3 nitrogen and oxygen atoms in total. The molecule has 0 aromatic carbocycles. The first-order valence-electron chi connectivity index (χ1n) is 3.87. The summed E-state index contributed by atoms with van der Waals surface area (Å²) in [6.07, 6.45) is 0. The number of ketones is 1. The summed E-state index contributed by atoms with van der Waals surface area (Å²) in [6, 6.07) is 0. The number of quaternary nitrogens is 1. The van der Waals surface area contributed by atoms with E-state index in [0.29, 0.717) is 24.4 Å². The lowest BCUT2D eigenvalue weighted by atomic mass is 10.4. The van der Waals surface area contributed by atoms with E-state index in [4.69, 9.17) is 4.74 Å². The average Bonchev–Trinajstić information content (AvgIpc) is 1.81. The van der Waals surface area contributed by atoms with Crippen LogP contribution in [-0.4, -0.2) is 44.2 Å². The summed E-state index contributed by atoms with van der Waals surface area (Å²) in [5.41, 5.74) is 0. The summed E-state index contributed by atoms with van der Waals surface area (Å²) >= 11 is 0. The van der Waals surface area contributed by atoms with Gasteiger partial charge in [-0.15, -0.1) is 0 Å². The number of rotatable bonds is 5. The summed E-state index contributed by atoms with van der Waals surface area (Å²) in [4.78, 5) is 10.8. The second-order valence-electron chi connectivity index (χ2n) is 3.42. The van der Waals surface area contributed by atoms with Crippen LogP contribution < -0.4 is 0 Å². The quantitative estimate of drug-likeness (QED) is 0.436. The van der Waals surface area contributed by atoms with Gasteiger partial charge in [0.25, 0.3) is 0 Å². The molecule has 0 aliphatic carbocycles. The molecule has 0 unspecified atom stereocenters. The molecular weight excluding hydrogens is 142 g/mol. The smallest absolute Gasteiger partial charge is 0.183 e. The van der Waals surface area contributed by atoms with Crippen LogP contribution in [0.2, 0.25) is 0 Å². The number of ether oxygens (including phenoxy) is 1. The fourth-order valence-electron chi connectivity index (χ4n) is 0.987. The Balaban J connectivity index is 3.70. The maximum absolute atomic E-state index is 10.8. The molecule has 3 heteroatoms. The number of likely N-dealkylation sites (N-methyl/N-ethyl adjacent to an activating group) is 1. The van der Waals surface area contributed by atoms with Crippen LogP contribution in [0.4, 0.5) is 0 Å². The van der Waals surface area contributed by atoms with Crippen molar-refractivity contribution in [2.75, 3.05) is 34.0 Å². The van der Waals surface area contributed by atoms with Crippen molar-refractivity contribution in [1.29, 1.82) is 0 Å². The third kappa shape index (κ3) is 6.01. The van der Waals surface area contributed by atoms with Crippen molar-refractivity contribution < 1.29 is 14.0 Å². The molecule has 0 aromatic heterocycles. The molecule has 0 aromatic rings. The molecule has 0 bridgehead atoms. The molecule has 11 heavy (non-hydrogen) atoms. The van der Waals surface area contributed by atoms with Gasteiger partial charge in [-0.25, -0.2) is 0 Å². The van der Waals surface area contributed by atoms with Gasteiger partial charge in [-0.1, -0.05) is 0 Å². The Morgan fingerprint density at radius 1 is 1.45 bits per heavy atom. The molecule has 0 N–H and O–H groups in total. The van der Waals surface area contributed by atoms with Crippen molar-refractivity contribution in [2.45, 2.75) is 13.8 Å². The molecule has 0 spiro atoms. The molecule has 0 radical (unpaired) electrons. The average molecular weight is 160 g/mol. The van der Waals surface area contributed by atoms with Crippen molar-refractivity contribution in [3.05, 3.63) is 0 Å². The first-order chi connectivity index (χ1) is 4.98. The van der Waals surface area contributed by atoms with Gasteiger partial charge in [-0.2, -0.15) is 0 Å². The van der Waals surface area contributed by atoms with Gasteiger partial charge >= 0.3 is 0 Å². The maximum atomic E-state index is 10.8. The molecule has 0 saturated heterocycles. The van der Waals surface area contributed by atoms with Gasteiger partial charge in [0.2, 0.25) is 0 Å². The number of carbonyl (C=O) groups excluding carboxylic acids is 1. The zero-order valence-corrected chi connectivity index (χ0v) is 7.89. The Kier molecular flexibility index (Phi) is 4.30. The van der Waals surface area contributed by atoms with E-state index in [1.54, 1.807) is 6.92 Å². The molecule has 66 valence electrons. The van der Waals surface area contributed by atoms with Gasteiger partial charge in [0.1, 0.15) is 6.54 Å². The zero-order chi connectivity index (χ0) is 8.91. The van der Waals surface area contributed by atoms with Gasteiger partial charge in [0.05, 0.1) is 14.1 Å². The molecule has 0 saturated carbocycles. The first kappa shape index (κ1) is 10.6. The Morgan fingerprint density at radius 2 is 2.00 bits per heavy atom. The normalized spacial score (nSPS) is 11.6. The van der Waals surface area contributed by atoms with Crippen LogP contribution in [-0.2, 0) is 9.53 Å². The number of Topliss-reactive ketones (excluding diaryl/α,β-unsaturated/α-hetero) is 1.